The number of hydrogen-bond acceptors (Lipinski definition) is 8. The number of amidine groups is 1. The molecule has 0 saturated heterocycles. The van der Waals surface area contributed by atoms with E-state index < -0.39 is 5.92 Å². The van der Waals surface area contributed by atoms with Gasteiger partial charge in [0, 0.05) is 23.2 Å². The monoisotopic (exact) mass is 491 g/mol. The van der Waals surface area contributed by atoms with E-state index in [0.717, 1.165) is 16.4 Å². The molecule has 1 atom stereocenters. The molecule has 4 rings (SSSR count). The smallest absolute Gasteiger partial charge is 0.232 e. The summed E-state index contributed by atoms with van der Waals surface area (Å²) < 4.78 is 1.71. The quantitative estimate of drug-likeness (QED) is 0.175. The van der Waals surface area contributed by atoms with Crippen molar-refractivity contribution in [1.29, 1.82) is 0 Å². The summed E-state index contributed by atoms with van der Waals surface area (Å²) in [6, 6.07) is 3.22. The second-order valence-corrected chi connectivity index (χ2v) is 9.15. The molecule has 1 amide bonds. The van der Waals surface area contributed by atoms with Crippen LogP contribution in [0.25, 0.3) is 5.65 Å². The second kappa shape index (κ2) is 8.75. The first-order chi connectivity index (χ1) is 15.6. The van der Waals surface area contributed by atoms with Crippen molar-refractivity contribution in [3.8, 4) is 0 Å². The van der Waals surface area contributed by atoms with Gasteiger partial charge in [-0.3, -0.25) is 4.79 Å². The van der Waals surface area contributed by atoms with Gasteiger partial charge in [0.05, 0.1) is 41.7 Å². The summed E-state index contributed by atoms with van der Waals surface area (Å²) in [5.41, 5.74) is 8.53. The van der Waals surface area contributed by atoms with E-state index in [1.54, 1.807) is 16.8 Å². The predicted molar refractivity (Wildman–Crippen MR) is 125 cm³/mol. The van der Waals surface area contributed by atoms with Crippen LogP contribution in [-0.4, -0.2) is 54.7 Å². The van der Waals surface area contributed by atoms with Crippen molar-refractivity contribution in [1.82, 2.24) is 24.7 Å². The maximum Gasteiger partial charge on any atom is 0.232 e. The largest absolute Gasteiger partial charge is 0.394 e. The van der Waals surface area contributed by atoms with Crippen molar-refractivity contribution >= 4 is 46.3 Å². The summed E-state index contributed by atoms with van der Waals surface area (Å²) in [5.74, 6) is 4.92. The van der Waals surface area contributed by atoms with Crippen LogP contribution < -0.4 is 16.9 Å². The number of hydrazine groups is 1. The Morgan fingerprint density at radius 3 is 2.82 bits per heavy atom. The van der Waals surface area contributed by atoms with E-state index in [-0.39, 0.29) is 41.0 Å². The molecule has 1 aliphatic carbocycles. The number of carbonyl (C=O) groups is 1. The molecule has 3 heterocycles. The molecule has 0 radical (unpaired) electrons. The number of nitrogens with two attached hydrogens (primary N) is 2. The molecule has 1 aliphatic rings. The molecular formula is C20H23Cl2N9O2. The third-order valence-corrected chi connectivity index (χ3v) is 5.92. The highest BCUT2D eigenvalue weighted by Crippen LogP contribution is 2.46. The first-order valence-corrected chi connectivity index (χ1v) is 10.8. The third-order valence-electron chi connectivity index (χ3n) is 5.45. The van der Waals surface area contributed by atoms with Crippen LogP contribution >= 0.6 is 23.2 Å². The zero-order valence-electron chi connectivity index (χ0n) is 18.0. The van der Waals surface area contributed by atoms with E-state index in [1.807, 2.05) is 0 Å². The summed E-state index contributed by atoms with van der Waals surface area (Å²) >= 11 is 12.4. The molecule has 3 aromatic rings. The second-order valence-electron chi connectivity index (χ2n) is 8.36. The number of hydrazone groups is 1. The number of nitrogens with one attached hydrogen (secondary N) is 1. The number of pyridine rings is 1. The summed E-state index contributed by atoms with van der Waals surface area (Å²) in [4.78, 5) is 21.8. The molecule has 0 fully saturated rings. The molecule has 174 valence electrons. The van der Waals surface area contributed by atoms with Crippen LogP contribution in [0.15, 0.2) is 29.6 Å². The highest BCUT2D eigenvalue weighted by atomic mass is 35.5. The summed E-state index contributed by atoms with van der Waals surface area (Å²) in [7, 11) is 0. The molecule has 33 heavy (non-hydrogen) atoms. The first kappa shape index (κ1) is 23.2. The number of anilines is 1. The molecule has 0 spiro atoms. The van der Waals surface area contributed by atoms with Gasteiger partial charge in [0.2, 0.25) is 5.91 Å². The highest BCUT2D eigenvalue weighted by molar-refractivity contribution is 6.34. The number of hydrogen-bond donors (Lipinski definition) is 4. The van der Waals surface area contributed by atoms with E-state index in [4.69, 9.17) is 39.9 Å². The number of aliphatic hydroxyl groups excluding tert-OH is 1. The fourth-order valence-corrected chi connectivity index (χ4v) is 4.50. The van der Waals surface area contributed by atoms with Crippen molar-refractivity contribution in [2.45, 2.75) is 31.6 Å². The Labute approximate surface area is 199 Å². The standard InChI is InChI=1S/C20H23Cl2N9O2/c1-20(2)7-11(12-9-25-15-6-14(22)28-31(15)17(12)20)19(33)27-10-5-13(21)16(26-8-10)18(23)29-30(24)3-4-32/h5-6,8-9,11,32H,3-4,7,24H2,1-2H3,(H2,23,29)(H,27,33). The Bertz CT molecular complexity index is 1260. The van der Waals surface area contributed by atoms with Gasteiger partial charge in [0.1, 0.15) is 5.69 Å². The van der Waals surface area contributed by atoms with Crippen LogP contribution in [0, 0.1) is 0 Å². The minimum Gasteiger partial charge on any atom is -0.394 e. The van der Waals surface area contributed by atoms with Gasteiger partial charge in [-0.25, -0.2) is 25.4 Å². The molecule has 3 aromatic heterocycles. The van der Waals surface area contributed by atoms with Gasteiger partial charge in [0.15, 0.2) is 16.6 Å². The number of carbonyl (C=O) groups excluding carboxylic acids is 1. The van der Waals surface area contributed by atoms with Gasteiger partial charge >= 0.3 is 0 Å². The number of nitrogens with zero attached hydrogens (tertiary/aromatic N) is 6. The van der Waals surface area contributed by atoms with Gasteiger partial charge in [-0.05, 0) is 12.5 Å². The molecule has 13 heteroatoms. The number of rotatable bonds is 6. The SMILES string of the molecule is CC1(C)CC(C(=O)Nc2cnc(/C(N)=N/N(N)CCO)c(Cl)c2)c2cnc3cc(Cl)nn3c21. The van der Waals surface area contributed by atoms with E-state index in [0.29, 0.717) is 22.9 Å². The van der Waals surface area contributed by atoms with Crippen LogP contribution in [0.1, 0.15) is 43.1 Å². The van der Waals surface area contributed by atoms with Crippen LogP contribution in [0.2, 0.25) is 10.2 Å². The van der Waals surface area contributed by atoms with Crippen molar-refractivity contribution in [3.05, 3.63) is 51.7 Å². The Kier molecular flexibility index (Phi) is 6.14. The number of fused-ring (bicyclic) bond motifs is 3. The normalized spacial score (nSPS) is 17.3. The molecule has 0 bridgehead atoms. The zero-order valence-corrected chi connectivity index (χ0v) is 19.5. The van der Waals surface area contributed by atoms with E-state index in [2.05, 4.69) is 39.3 Å². The maximum absolute atomic E-state index is 13.2. The molecule has 0 aliphatic heterocycles. The summed E-state index contributed by atoms with van der Waals surface area (Å²) in [6.45, 7) is 4.02. The number of halogens is 2. The number of aromatic nitrogens is 4. The molecule has 6 N–H and O–H groups in total. The molecular weight excluding hydrogens is 469 g/mol. The maximum atomic E-state index is 13.2. The van der Waals surface area contributed by atoms with E-state index in [1.165, 1.54) is 12.3 Å². The number of amides is 1. The Balaban J connectivity index is 1.58. The summed E-state index contributed by atoms with van der Waals surface area (Å²) in [6.07, 6.45) is 3.71. The van der Waals surface area contributed by atoms with Gasteiger partial charge < -0.3 is 16.2 Å². The van der Waals surface area contributed by atoms with Crippen LogP contribution in [-0.2, 0) is 10.2 Å². The lowest BCUT2D eigenvalue weighted by molar-refractivity contribution is -0.117. The van der Waals surface area contributed by atoms with Gasteiger partial charge in [-0.2, -0.15) is 5.10 Å². The fraction of sp³-hybridized carbons (Fsp3) is 0.350. The Morgan fingerprint density at radius 1 is 1.36 bits per heavy atom. The van der Waals surface area contributed by atoms with Gasteiger partial charge in [-0.15, -0.1) is 5.10 Å². The third kappa shape index (κ3) is 4.44. The van der Waals surface area contributed by atoms with Crippen LogP contribution in [0.5, 0.6) is 0 Å². The van der Waals surface area contributed by atoms with Gasteiger partial charge in [-0.1, -0.05) is 37.0 Å². The van der Waals surface area contributed by atoms with Crippen molar-refractivity contribution in [3.63, 3.8) is 0 Å². The number of aliphatic hydroxyl groups is 1. The minimum atomic E-state index is -0.441. The van der Waals surface area contributed by atoms with Crippen LogP contribution in [0.4, 0.5) is 5.69 Å². The van der Waals surface area contributed by atoms with E-state index >= 15 is 0 Å². The topological polar surface area (TPSA) is 160 Å². The van der Waals surface area contributed by atoms with Crippen molar-refractivity contribution in [2.75, 3.05) is 18.5 Å². The Hall–Kier alpha value is -2.99. The van der Waals surface area contributed by atoms with Gasteiger partial charge in [0.25, 0.3) is 0 Å². The first-order valence-electron chi connectivity index (χ1n) is 10.1. The minimum absolute atomic E-state index is 0.0201. The fourth-order valence-electron chi connectivity index (χ4n) is 4.06. The van der Waals surface area contributed by atoms with Crippen molar-refractivity contribution < 1.29 is 9.90 Å². The predicted octanol–water partition coefficient (Wildman–Crippen LogP) is 1.62. The van der Waals surface area contributed by atoms with Crippen LogP contribution in [0.3, 0.4) is 0 Å². The molecule has 0 aromatic carbocycles. The van der Waals surface area contributed by atoms with Crippen molar-refractivity contribution in [2.24, 2.45) is 16.7 Å². The molecule has 1 unspecified atom stereocenters. The lowest BCUT2D eigenvalue weighted by Gasteiger charge is -2.19. The average molecular weight is 492 g/mol. The average Bonchev–Trinajstić information content (AvgIpc) is 3.23. The highest BCUT2D eigenvalue weighted by Gasteiger charge is 2.43. The molecule has 0 saturated carbocycles. The van der Waals surface area contributed by atoms with E-state index in [9.17, 15) is 4.79 Å². The lowest BCUT2D eigenvalue weighted by atomic mass is 9.88. The zero-order chi connectivity index (χ0) is 23.9. The summed E-state index contributed by atoms with van der Waals surface area (Å²) in [5, 5.41) is 21.5. The Morgan fingerprint density at radius 2 is 2.12 bits per heavy atom. The lowest BCUT2D eigenvalue weighted by Crippen LogP contribution is -2.32. The molecule has 11 nitrogen and oxygen atoms in total.